The number of carbonyl (C=O) groups is 1. The smallest absolute Gasteiger partial charge is 0.275 e. The molecule has 130 valence electrons. The maximum atomic E-state index is 12.7. The van der Waals surface area contributed by atoms with Crippen LogP contribution in [-0.4, -0.2) is 58.6 Å². The second kappa shape index (κ2) is 7.34. The lowest BCUT2D eigenvalue weighted by Gasteiger charge is -2.35. The standard InChI is InChI=1S/C17H29BrN4O/c1-12(2)14-13(18)15(20-19-14)16(23)22-10-8-21(9-11-22)7-6-17(3,4)5/h12H,6-11H2,1-5H3,(H,19,20). The SMILES string of the molecule is CC(C)c1[nH]nc(C(=O)N2CCN(CCC(C)(C)C)CC2)c1Br. The summed E-state index contributed by atoms with van der Waals surface area (Å²) in [5.41, 5.74) is 1.86. The normalized spacial score (nSPS) is 17.1. The van der Waals surface area contributed by atoms with Gasteiger partial charge in [-0.3, -0.25) is 14.8 Å². The number of aromatic nitrogens is 2. The summed E-state index contributed by atoms with van der Waals surface area (Å²) < 4.78 is 0.813. The summed E-state index contributed by atoms with van der Waals surface area (Å²) in [5, 5.41) is 7.21. The van der Waals surface area contributed by atoms with E-state index in [9.17, 15) is 4.79 Å². The largest absolute Gasteiger partial charge is 0.335 e. The Morgan fingerprint density at radius 1 is 1.26 bits per heavy atom. The molecule has 0 bridgehead atoms. The average Bonchev–Trinajstić information content (AvgIpc) is 2.86. The van der Waals surface area contributed by atoms with Gasteiger partial charge in [0.05, 0.1) is 10.2 Å². The highest BCUT2D eigenvalue weighted by Crippen LogP contribution is 2.26. The molecule has 0 saturated carbocycles. The van der Waals surface area contributed by atoms with Crippen molar-refractivity contribution < 1.29 is 4.79 Å². The van der Waals surface area contributed by atoms with Crippen LogP contribution in [0.5, 0.6) is 0 Å². The first kappa shape index (κ1) is 18.5. The highest BCUT2D eigenvalue weighted by molar-refractivity contribution is 9.10. The minimum Gasteiger partial charge on any atom is -0.335 e. The zero-order valence-electron chi connectivity index (χ0n) is 14.9. The molecular formula is C17H29BrN4O. The molecule has 0 unspecified atom stereocenters. The number of hydrogen-bond acceptors (Lipinski definition) is 3. The second-order valence-corrected chi connectivity index (χ2v) is 8.69. The van der Waals surface area contributed by atoms with Gasteiger partial charge in [0.15, 0.2) is 5.69 Å². The number of nitrogens with zero attached hydrogens (tertiary/aromatic N) is 3. The van der Waals surface area contributed by atoms with E-state index in [0.717, 1.165) is 42.9 Å². The molecule has 1 saturated heterocycles. The van der Waals surface area contributed by atoms with Crippen LogP contribution in [0.3, 0.4) is 0 Å². The predicted octanol–water partition coefficient (Wildman–Crippen LogP) is 3.49. The van der Waals surface area contributed by atoms with Crippen molar-refractivity contribution in [3.05, 3.63) is 15.9 Å². The Bertz CT molecular complexity index is 539. The molecule has 0 aliphatic carbocycles. The molecule has 0 atom stereocenters. The molecule has 0 radical (unpaired) electrons. The van der Waals surface area contributed by atoms with Gasteiger partial charge in [-0.05, 0) is 40.2 Å². The van der Waals surface area contributed by atoms with Crippen LogP contribution in [0.25, 0.3) is 0 Å². The Hall–Kier alpha value is -0.880. The van der Waals surface area contributed by atoms with E-state index in [2.05, 4.69) is 65.6 Å². The van der Waals surface area contributed by atoms with Gasteiger partial charge in [-0.2, -0.15) is 5.10 Å². The van der Waals surface area contributed by atoms with Crippen LogP contribution in [0.2, 0.25) is 0 Å². The monoisotopic (exact) mass is 384 g/mol. The van der Waals surface area contributed by atoms with E-state index in [1.807, 2.05) is 4.90 Å². The molecule has 0 aromatic carbocycles. The molecule has 1 aliphatic rings. The number of amides is 1. The van der Waals surface area contributed by atoms with Gasteiger partial charge in [-0.25, -0.2) is 0 Å². The number of halogens is 1. The molecular weight excluding hydrogens is 356 g/mol. The van der Waals surface area contributed by atoms with E-state index in [1.165, 1.54) is 6.42 Å². The quantitative estimate of drug-likeness (QED) is 0.863. The summed E-state index contributed by atoms with van der Waals surface area (Å²) in [6.45, 7) is 15.5. The molecule has 23 heavy (non-hydrogen) atoms. The van der Waals surface area contributed by atoms with Crippen molar-refractivity contribution in [2.24, 2.45) is 5.41 Å². The van der Waals surface area contributed by atoms with Crippen LogP contribution in [0.1, 0.15) is 63.1 Å². The summed E-state index contributed by atoms with van der Waals surface area (Å²) in [6.07, 6.45) is 1.18. The summed E-state index contributed by atoms with van der Waals surface area (Å²) in [7, 11) is 0. The molecule has 5 nitrogen and oxygen atoms in total. The number of nitrogens with one attached hydrogen (secondary N) is 1. The first-order valence-corrected chi connectivity index (χ1v) is 9.23. The summed E-state index contributed by atoms with van der Waals surface area (Å²) >= 11 is 3.53. The molecule has 2 heterocycles. The maximum Gasteiger partial charge on any atom is 0.275 e. The van der Waals surface area contributed by atoms with Gasteiger partial charge in [-0.1, -0.05) is 34.6 Å². The molecule has 1 aromatic heterocycles. The summed E-state index contributed by atoms with van der Waals surface area (Å²) in [4.78, 5) is 17.0. The van der Waals surface area contributed by atoms with Gasteiger partial charge < -0.3 is 4.90 Å². The zero-order chi connectivity index (χ0) is 17.2. The maximum absolute atomic E-state index is 12.7. The van der Waals surface area contributed by atoms with Crippen LogP contribution < -0.4 is 0 Å². The Morgan fingerprint density at radius 2 is 1.87 bits per heavy atom. The van der Waals surface area contributed by atoms with Crippen LogP contribution in [-0.2, 0) is 0 Å². The number of aromatic amines is 1. The van der Waals surface area contributed by atoms with E-state index in [4.69, 9.17) is 0 Å². The third-order valence-electron chi connectivity index (χ3n) is 4.35. The first-order valence-electron chi connectivity index (χ1n) is 8.44. The van der Waals surface area contributed by atoms with E-state index >= 15 is 0 Å². The third kappa shape index (κ3) is 4.80. The number of hydrogen-bond donors (Lipinski definition) is 1. The highest BCUT2D eigenvalue weighted by Gasteiger charge is 2.27. The zero-order valence-corrected chi connectivity index (χ0v) is 16.5. The third-order valence-corrected chi connectivity index (χ3v) is 5.15. The van der Waals surface area contributed by atoms with Crippen LogP contribution in [0.4, 0.5) is 0 Å². The molecule has 1 N–H and O–H groups in total. The van der Waals surface area contributed by atoms with Crippen molar-refractivity contribution in [1.29, 1.82) is 0 Å². The van der Waals surface area contributed by atoms with Gasteiger partial charge >= 0.3 is 0 Å². The lowest BCUT2D eigenvalue weighted by Crippen LogP contribution is -2.49. The van der Waals surface area contributed by atoms with Gasteiger partial charge in [0.25, 0.3) is 5.91 Å². The fourth-order valence-corrected chi connectivity index (χ4v) is 3.49. The molecule has 1 aliphatic heterocycles. The Kier molecular flexibility index (Phi) is 5.89. The molecule has 2 rings (SSSR count). The fraction of sp³-hybridized carbons (Fsp3) is 0.765. The van der Waals surface area contributed by atoms with Crippen LogP contribution in [0, 0.1) is 5.41 Å². The van der Waals surface area contributed by atoms with Crippen molar-refractivity contribution in [2.75, 3.05) is 32.7 Å². The van der Waals surface area contributed by atoms with Gasteiger partial charge in [0.2, 0.25) is 0 Å². The lowest BCUT2D eigenvalue weighted by molar-refractivity contribution is 0.0617. The Labute approximate surface area is 147 Å². The number of piperazine rings is 1. The second-order valence-electron chi connectivity index (χ2n) is 7.90. The minimum atomic E-state index is 0.0236. The molecule has 6 heteroatoms. The van der Waals surface area contributed by atoms with Gasteiger partial charge in [-0.15, -0.1) is 0 Å². The Morgan fingerprint density at radius 3 is 2.35 bits per heavy atom. The van der Waals surface area contributed by atoms with E-state index < -0.39 is 0 Å². The van der Waals surface area contributed by atoms with Crippen molar-refractivity contribution in [2.45, 2.75) is 47.0 Å². The average molecular weight is 385 g/mol. The highest BCUT2D eigenvalue weighted by atomic mass is 79.9. The van der Waals surface area contributed by atoms with E-state index in [-0.39, 0.29) is 5.91 Å². The Balaban J connectivity index is 1.91. The molecule has 0 spiro atoms. The minimum absolute atomic E-state index is 0.0236. The van der Waals surface area contributed by atoms with Gasteiger partial charge in [0, 0.05) is 26.2 Å². The number of rotatable bonds is 4. The molecule has 1 amide bonds. The fourth-order valence-electron chi connectivity index (χ4n) is 2.68. The van der Waals surface area contributed by atoms with Crippen molar-refractivity contribution in [1.82, 2.24) is 20.0 Å². The number of H-pyrrole nitrogens is 1. The van der Waals surface area contributed by atoms with Crippen molar-refractivity contribution in [3.63, 3.8) is 0 Å². The summed E-state index contributed by atoms with van der Waals surface area (Å²) in [6, 6.07) is 0. The van der Waals surface area contributed by atoms with Crippen LogP contribution in [0.15, 0.2) is 4.47 Å². The van der Waals surface area contributed by atoms with E-state index in [1.54, 1.807) is 0 Å². The first-order chi connectivity index (χ1) is 10.7. The predicted molar refractivity (Wildman–Crippen MR) is 96.8 cm³/mol. The van der Waals surface area contributed by atoms with Gasteiger partial charge in [0.1, 0.15) is 0 Å². The summed E-state index contributed by atoms with van der Waals surface area (Å²) in [5.74, 6) is 0.336. The lowest BCUT2D eigenvalue weighted by atomic mass is 9.92. The van der Waals surface area contributed by atoms with E-state index in [0.29, 0.717) is 17.0 Å². The molecule has 1 fully saturated rings. The van der Waals surface area contributed by atoms with Crippen molar-refractivity contribution >= 4 is 21.8 Å². The number of carbonyl (C=O) groups excluding carboxylic acids is 1. The van der Waals surface area contributed by atoms with Crippen molar-refractivity contribution in [3.8, 4) is 0 Å². The van der Waals surface area contributed by atoms with Crippen LogP contribution >= 0.6 is 15.9 Å². The topological polar surface area (TPSA) is 52.2 Å². The molecule has 1 aromatic rings.